The Balaban J connectivity index is 1.61. The fourth-order valence-corrected chi connectivity index (χ4v) is 3.87. The maximum Gasteiger partial charge on any atom is 0.122 e. The molecule has 2 fully saturated rings. The minimum absolute atomic E-state index is 0.404. The molecule has 2 aliphatic rings. The van der Waals surface area contributed by atoms with Crippen molar-refractivity contribution in [2.45, 2.75) is 45.6 Å². The van der Waals surface area contributed by atoms with Crippen LogP contribution in [0.1, 0.15) is 49.8 Å². The van der Waals surface area contributed by atoms with Gasteiger partial charge in [0.25, 0.3) is 0 Å². The van der Waals surface area contributed by atoms with Crippen molar-refractivity contribution < 1.29 is 9.84 Å². The van der Waals surface area contributed by atoms with E-state index >= 15 is 0 Å². The third-order valence-corrected chi connectivity index (χ3v) is 5.02. The quantitative estimate of drug-likeness (QED) is 0.890. The van der Waals surface area contributed by atoms with Crippen LogP contribution < -0.4 is 4.74 Å². The Hall–Kier alpha value is -1.02. The first-order valence-electron chi connectivity index (χ1n) is 7.55. The van der Waals surface area contributed by atoms with Gasteiger partial charge in [-0.1, -0.05) is 12.5 Å². The molecular formula is C17H24O2. The minimum atomic E-state index is -0.404. The summed E-state index contributed by atoms with van der Waals surface area (Å²) in [4.78, 5) is 0. The molecule has 2 nitrogen and oxygen atoms in total. The molecule has 1 aromatic rings. The van der Waals surface area contributed by atoms with Gasteiger partial charge in [-0.3, -0.25) is 0 Å². The third-order valence-electron chi connectivity index (χ3n) is 5.02. The summed E-state index contributed by atoms with van der Waals surface area (Å²) < 4.78 is 6.03. The minimum Gasteiger partial charge on any atom is -0.493 e. The largest absolute Gasteiger partial charge is 0.493 e. The Bertz CT molecular complexity index is 453. The van der Waals surface area contributed by atoms with E-state index in [1.807, 2.05) is 18.2 Å². The Morgan fingerprint density at radius 3 is 2.74 bits per heavy atom. The summed E-state index contributed by atoms with van der Waals surface area (Å²) >= 11 is 0. The number of aliphatic hydroxyl groups is 1. The van der Waals surface area contributed by atoms with Crippen molar-refractivity contribution in [3.8, 4) is 5.75 Å². The second-order valence-corrected chi connectivity index (χ2v) is 6.45. The Morgan fingerprint density at radius 2 is 2.16 bits per heavy atom. The SMILES string of the molecule is Cc1cc(C(C)O)ccc1OCC1CC2CCC1C2. The molecule has 104 valence electrons. The molecule has 1 aromatic carbocycles. The van der Waals surface area contributed by atoms with Gasteiger partial charge in [-0.25, -0.2) is 0 Å². The van der Waals surface area contributed by atoms with Crippen LogP contribution in [0.3, 0.4) is 0 Å². The number of aryl methyl sites for hydroxylation is 1. The predicted octanol–water partition coefficient (Wildman–Crippen LogP) is 3.86. The normalized spacial score (nSPS) is 30.6. The summed E-state index contributed by atoms with van der Waals surface area (Å²) in [5, 5.41) is 9.57. The topological polar surface area (TPSA) is 29.5 Å². The van der Waals surface area contributed by atoms with Crippen LogP contribution in [0.25, 0.3) is 0 Å². The van der Waals surface area contributed by atoms with Crippen LogP contribution in [-0.4, -0.2) is 11.7 Å². The van der Waals surface area contributed by atoms with Crippen molar-refractivity contribution in [2.24, 2.45) is 17.8 Å². The summed E-state index contributed by atoms with van der Waals surface area (Å²) in [5.41, 5.74) is 2.09. The lowest BCUT2D eigenvalue weighted by Gasteiger charge is -2.22. The molecule has 0 amide bonds. The summed E-state index contributed by atoms with van der Waals surface area (Å²) in [5.74, 6) is 3.65. The number of ether oxygens (including phenoxy) is 1. The maximum absolute atomic E-state index is 9.57. The highest BCUT2D eigenvalue weighted by atomic mass is 16.5. The molecule has 0 heterocycles. The van der Waals surface area contributed by atoms with Crippen LogP contribution in [0.2, 0.25) is 0 Å². The van der Waals surface area contributed by atoms with Crippen molar-refractivity contribution in [3.05, 3.63) is 29.3 Å². The Kier molecular flexibility index (Phi) is 3.53. The van der Waals surface area contributed by atoms with Crippen LogP contribution in [0.4, 0.5) is 0 Å². The molecule has 4 atom stereocenters. The van der Waals surface area contributed by atoms with Crippen molar-refractivity contribution >= 4 is 0 Å². The average Bonchev–Trinajstić information content (AvgIpc) is 2.99. The lowest BCUT2D eigenvalue weighted by atomic mass is 9.89. The van der Waals surface area contributed by atoms with E-state index in [1.54, 1.807) is 6.92 Å². The lowest BCUT2D eigenvalue weighted by molar-refractivity contribution is 0.192. The van der Waals surface area contributed by atoms with Gasteiger partial charge >= 0.3 is 0 Å². The second-order valence-electron chi connectivity index (χ2n) is 6.45. The molecule has 0 spiro atoms. The smallest absolute Gasteiger partial charge is 0.122 e. The number of hydrogen-bond donors (Lipinski definition) is 1. The van der Waals surface area contributed by atoms with Crippen LogP contribution >= 0.6 is 0 Å². The number of aliphatic hydroxyl groups excluding tert-OH is 1. The molecule has 4 unspecified atom stereocenters. The maximum atomic E-state index is 9.57. The van der Waals surface area contributed by atoms with Crippen LogP contribution in [-0.2, 0) is 0 Å². The van der Waals surface area contributed by atoms with Crippen LogP contribution in [0.5, 0.6) is 5.75 Å². The van der Waals surface area contributed by atoms with Crippen LogP contribution in [0, 0.1) is 24.7 Å². The van der Waals surface area contributed by atoms with E-state index < -0.39 is 6.10 Å². The molecule has 2 saturated carbocycles. The van der Waals surface area contributed by atoms with E-state index in [0.717, 1.165) is 41.2 Å². The highest BCUT2D eigenvalue weighted by Gasteiger charge is 2.39. The van der Waals surface area contributed by atoms with Gasteiger partial charge in [-0.05, 0) is 74.1 Å². The van der Waals surface area contributed by atoms with Gasteiger partial charge in [0.1, 0.15) is 5.75 Å². The third kappa shape index (κ3) is 2.64. The summed E-state index contributed by atoms with van der Waals surface area (Å²) in [7, 11) is 0. The van der Waals surface area contributed by atoms with Gasteiger partial charge < -0.3 is 9.84 Å². The molecule has 3 rings (SSSR count). The van der Waals surface area contributed by atoms with E-state index in [0.29, 0.717) is 0 Å². The second kappa shape index (κ2) is 5.16. The summed E-state index contributed by atoms with van der Waals surface area (Å²) in [6, 6.07) is 6.00. The highest BCUT2D eigenvalue weighted by Crippen LogP contribution is 2.48. The van der Waals surface area contributed by atoms with E-state index in [9.17, 15) is 5.11 Å². The molecule has 0 aromatic heterocycles. The molecule has 0 aliphatic heterocycles. The van der Waals surface area contributed by atoms with Gasteiger partial charge in [-0.15, -0.1) is 0 Å². The van der Waals surface area contributed by atoms with E-state index in [2.05, 4.69) is 6.92 Å². The van der Waals surface area contributed by atoms with Gasteiger partial charge in [0.05, 0.1) is 12.7 Å². The molecule has 19 heavy (non-hydrogen) atoms. The summed E-state index contributed by atoms with van der Waals surface area (Å²) in [6.07, 6.45) is 5.27. The van der Waals surface area contributed by atoms with Gasteiger partial charge in [0.2, 0.25) is 0 Å². The molecule has 2 bridgehead atoms. The molecule has 2 aliphatic carbocycles. The van der Waals surface area contributed by atoms with Crippen molar-refractivity contribution in [2.75, 3.05) is 6.61 Å². The zero-order valence-corrected chi connectivity index (χ0v) is 11.9. The first-order valence-corrected chi connectivity index (χ1v) is 7.55. The number of fused-ring (bicyclic) bond motifs is 2. The van der Waals surface area contributed by atoms with Gasteiger partial charge in [-0.2, -0.15) is 0 Å². The number of hydrogen-bond acceptors (Lipinski definition) is 2. The number of benzene rings is 1. The molecule has 0 radical (unpaired) electrons. The van der Waals surface area contributed by atoms with E-state index in [-0.39, 0.29) is 0 Å². The van der Waals surface area contributed by atoms with Crippen LogP contribution in [0.15, 0.2) is 18.2 Å². The number of rotatable bonds is 4. The Labute approximate surface area is 115 Å². The zero-order valence-electron chi connectivity index (χ0n) is 11.9. The predicted molar refractivity (Wildman–Crippen MR) is 76.2 cm³/mol. The van der Waals surface area contributed by atoms with E-state index in [1.165, 1.54) is 25.7 Å². The fourth-order valence-electron chi connectivity index (χ4n) is 3.87. The zero-order chi connectivity index (χ0) is 13.4. The molecule has 0 saturated heterocycles. The molecule has 1 N–H and O–H groups in total. The molecular weight excluding hydrogens is 236 g/mol. The van der Waals surface area contributed by atoms with Crippen molar-refractivity contribution in [1.82, 2.24) is 0 Å². The highest BCUT2D eigenvalue weighted by molar-refractivity contribution is 5.36. The fraction of sp³-hybridized carbons (Fsp3) is 0.647. The first-order chi connectivity index (χ1) is 9.13. The standard InChI is InChI=1S/C17H24O2/c1-11-7-14(12(2)18)5-6-17(11)19-10-16-9-13-3-4-15(16)8-13/h5-7,12-13,15-16,18H,3-4,8-10H2,1-2H3. The lowest BCUT2D eigenvalue weighted by Crippen LogP contribution is -2.18. The summed E-state index contributed by atoms with van der Waals surface area (Å²) in [6.45, 7) is 4.72. The Morgan fingerprint density at radius 1 is 1.32 bits per heavy atom. The monoisotopic (exact) mass is 260 g/mol. The van der Waals surface area contributed by atoms with Crippen molar-refractivity contribution in [1.29, 1.82) is 0 Å². The van der Waals surface area contributed by atoms with Gasteiger partial charge in [0, 0.05) is 0 Å². The van der Waals surface area contributed by atoms with Gasteiger partial charge in [0.15, 0.2) is 0 Å². The van der Waals surface area contributed by atoms with Crippen molar-refractivity contribution in [3.63, 3.8) is 0 Å². The molecule has 2 heteroatoms. The average molecular weight is 260 g/mol. The van der Waals surface area contributed by atoms with E-state index in [4.69, 9.17) is 4.74 Å². The first kappa shape index (κ1) is 13.0.